The van der Waals surface area contributed by atoms with Crippen LogP contribution in [-0.2, 0) is 20.7 Å². The third-order valence-corrected chi connectivity index (χ3v) is 8.38. The second-order valence-electron chi connectivity index (χ2n) is 9.25. The zero-order valence-electron chi connectivity index (χ0n) is 20.2. The van der Waals surface area contributed by atoms with Crippen molar-refractivity contribution in [2.75, 3.05) is 37.7 Å². The Hall–Kier alpha value is -3.05. The normalized spacial score (nSPS) is 20.6. The molecule has 1 amide bonds. The topological polar surface area (TPSA) is 76.4 Å². The van der Waals surface area contributed by atoms with Gasteiger partial charge in [0.15, 0.2) is 5.79 Å². The van der Waals surface area contributed by atoms with Gasteiger partial charge in [-0.2, -0.15) is 0 Å². The molecule has 6 rings (SSSR count). The van der Waals surface area contributed by atoms with Gasteiger partial charge in [-0.3, -0.25) is 18.9 Å². The van der Waals surface area contributed by atoms with Crippen LogP contribution in [0.25, 0.3) is 11.7 Å². The van der Waals surface area contributed by atoms with Crippen molar-refractivity contribution in [2.24, 2.45) is 0 Å². The van der Waals surface area contributed by atoms with Gasteiger partial charge in [0.25, 0.3) is 11.5 Å². The highest BCUT2D eigenvalue weighted by molar-refractivity contribution is 8.26. The molecule has 0 saturated carbocycles. The molecule has 5 heterocycles. The number of nitrogens with zero attached hydrogens (tertiary/aromatic N) is 4. The van der Waals surface area contributed by atoms with Crippen LogP contribution in [0.2, 0.25) is 0 Å². The van der Waals surface area contributed by atoms with E-state index in [4.69, 9.17) is 26.7 Å². The minimum atomic E-state index is -0.538. The molecule has 3 aliphatic rings. The summed E-state index contributed by atoms with van der Waals surface area (Å²) in [7, 11) is 0. The molecule has 10 heteroatoms. The molecule has 8 nitrogen and oxygen atoms in total. The van der Waals surface area contributed by atoms with Crippen molar-refractivity contribution in [3.63, 3.8) is 0 Å². The highest BCUT2D eigenvalue weighted by atomic mass is 32.2. The number of aromatic nitrogens is 2. The van der Waals surface area contributed by atoms with Gasteiger partial charge in [-0.1, -0.05) is 60.4 Å². The van der Waals surface area contributed by atoms with Gasteiger partial charge < -0.3 is 14.4 Å². The van der Waals surface area contributed by atoms with E-state index in [2.05, 4.69) is 4.90 Å². The number of piperidine rings is 1. The Balaban J connectivity index is 1.32. The van der Waals surface area contributed by atoms with Crippen molar-refractivity contribution in [1.82, 2.24) is 14.3 Å². The van der Waals surface area contributed by atoms with E-state index < -0.39 is 5.79 Å². The molecular weight excluding hydrogens is 508 g/mol. The van der Waals surface area contributed by atoms with Crippen LogP contribution in [0.3, 0.4) is 0 Å². The van der Waals surface area contributed by atoms with Gasteiger partial charge in [-0.25, -0.2) is 4.98 Å². The maximum Gasteiger partial charge on any atom is 0.267 e. The first-order valence-electron chi connectivity index (χ1n) is 12.4. The summed E-state index contributed by atoms with van der Waals surface area (Å²) < 4.78 is 13.8. The second kappa shape index (κ2) is 10.0. The van der Waals surface area contributed by atoms with Gasteiger partial charge >= 0.3 is 0 Å². The van der Waals surface area contributed by atoms with Crippen LogP contribution in [0.5, 0.6) is 0 Å². The predicted molar refractivity (Wildman–Crippen MR) is 148 cm³/mol. The Morgan fingerprint density at radius 3 is 2.51 bits per heavy atom. The Bertz CT molecular complexity index is 1440. The van der Waals surface area contributed by atoms with Gasteiger partial charge in [0, 0.05) is 38.7 Å². The number of ether oxygens (including phenoxy) is 2. The van der Waals surface area contributed by atoms with Crippen LogP contribution in [-0.4, -0.2) is 63.1 Å². The minimum absolute atomic E-state index is 0.181. The number of thiocarbonyl (C=S) groups is 1. The number of carbonyl (C=O) groups excluding carboxylic acids is 1. The smallest absolute Gasteiger partial charge is 0.267 e. The Morgan fingerprint density at radius 2 is 1.76 bits per heavy atom. The lowest BCUT2D eigenvalue weighted by Crippen LogP contribution is -2.46. The van der Waals surface area contributed by atoms with Gasteiger partial charge in [0.05, 0.1) is 23.7 Å². The first kappa shape index (κ1) is 24.3. The summed E-state index contributed by atoms with van der Waals surface area (Å²) in [5.74, 6) is -0.151. The number of pyridine rings is 1. The molecule has 0 aliphatic carbocycles. The van der Waals surface area contributed by atoms with Crippen molar-refractivity contribution in [3.05, 3.63) is 81.1 Å². The predicted octanol–water partition coefficient (Wildman–Crippen LogP) is 3.48. The molecule has 1 spiro atoms. The Labute approximate surface area is 223 Å². The summed E-state index contributed by atoms with van der Waals surface area (Å²) in [6.45, 7) is 2.96. The lowest BCUT2D eigenvalue weighted by Gasteiger charge is -2.38. The van der Waals surface area contributed by atoms with E-state index in [9.17, 15) is 9.59 Å². The molecule has 190 valence electrons. The number of hydrogen-bond acceptors (Lipinski definition) is 8. The molecule has 0 bridgehead atoms. The van der Waals surface area contributed by atoms with Crippen molar-refractivity contribution in [2.45, 2.75) is 25.0 Å². The molecule has 0 atom stereocenters. The summed E-state index contributed by atoms with van der Waals surface area (Å²) >= 11 is 6.77. The van der Waals surface area contributed by atoms with E-state index >= 15 is 0 Å². The average molecular weight is 535 g/mol. The monoisotopic (exact) mass is 534 g/mol. The SMILES string of the molecule is O=C1/C(=C\c2c(N3CCC4(CC3)OCCO4)nc3ccccn3c2=O)SC(=S)N1CCc1ccccc1. The third-order valence-electron chi connectivity index (χ3n) is 7.00. The van der Waals surface area contributed by atoms with E-state index in [-0.39, 0.29) is 11.5 Å². The molecule has 1 aromatic carbocycles. The summed E-state index contributed by atoms with van der Waals surface area (Å²) in [6, 6.07) is 15.5. The highest BCUT2D eigenvalue weighted by Gasteiger charge is 2.41. The van der Waals surface area contributed by atoms with E-state index in [1.54, 1.807) is 23.2 Å². The second-order valence-corrected chi connectivity index (χ2v) is 10.9. The summed E-state index contributed by atoms with van der Waals surface area (Å²) in [6.07, 6.45) is 5.43. The number of fused-ring (bicyclic) bond motifs is 1. The number of benzene rings is 1. The zero-order chi connectivity index (χ0) is 25.4. The fourth-order valence-corrected chi connectivity index (χ4v) is 6.30. The number of hydrogen-bond donors (Lipinski definition) is 0. The first-order valence-corrected chi connectivity index (χ1v) is 13.6. The van der Waals surface area contributed by atoms with E-state index in [0.29, 0.717) is 78.4 Å². The van der Waals surface area contributed by atoms with Gasteiger partial charge in [-0.15, -0.1) is 0 Å². The molecule has 3 aromatic rings. The molecular formula is C27H26N4O4S2. The molecule has 3 saturated heterocycles. The van der Waals surface area contributed by atoms with Crippen molar-refractivity contribution in [1.29, 1.82) is 0 Å². The molecule has 0 radical (unpaired) electrons. The fourth-order valence-electron chi connectivity index (χ4n) is 5.01. The molecule has 3 aliphatic heterocycles. The molecule has 2 aromatic heterocycles. The van der Waals surface area contributed by atoms with E-state index in [1.165, 1.54) is 16.2 Å². The van der Waals surface area contributed by atoms with Crippen molar-refractivity contribution in [3.8, 4) is 0 Å². The Kier molecular flexibility index (Phi) is 6.58. The number of rotatable bonds is 5. The molecule has 3 fully saturated rings. The maximum atomic E-state index is 13.6. The van der Waals surface area contributed by atoms with Gasteiger partial charge in [0.1, 0.15) is 15.8 Å². The van der Waals surface area contributed by atoms with E-state index in [1.807, 2.05) is 42.5 Å². The lowest BCUT2D eigenvalue weighted by molar-refractivity contribution is -0.169. The van der Waals surface area contributed by atoms with Gasteiger partial charge in [0.2, 0.25) is 0 Å². The van der Waals surface area contributed by atoms with Crippen LogP contribution in [0.15, 0.2) is 64.4 Å². The molecule has 0 N–H and O–H groups in total. The number of carbonyl (C=O) groups is 1. The standard InChI is InChI=1S/C27H26N4O4S2/c32-24-20(18-21-25(33)31(26(36)37-21)13-9-19-6-2-1-3-7-19)23(28-22-8-4-5-12-30(22)24)29-14-10-27(11-15-29)34-16-17-35-27/h1-8,12,18H,9-11,13-17H2/b21-18+. The maximum absolute atomic E-state index is 13.6. The quantitative estimate of drug-likeness (QED) is 0.364. The van der Waals surface area contributed by atoms with Crippen LogP contribution in [0.1, 0.15) is 24.0 Å². The number of amides is 1. The lowest BCUT2D eigenvalue weighted by atomic mass is 10.0. The number of thioether (sulfide) groups is 1. The van der Waals surface area contributed by atoms with Crippen molar-refractivity contribution < 1.29 is 14.3 Å². The van der Waals surface area contributed by atoms with Crippen LogP contribution in [0.4, 0.5) is 5.82 Å². The van der Waals surface area contributed by atoms with Crippen LogP contribution in [0, 0.1) is 0 Å². The van der Waals surface area contributed by atoms with Crippen LogP contribution < -0.4 is 10.5 Å². The number of anilines is 1. The summed E-state index contributed by atoms with van der Waals surface area (Å²) in [4.78, 5) is 36.0. The van der Waals surface area contributed by atoms with Crippen molar-refractivity contribution >= 4 is 51.7 Å². The Morgan fingerprint density at radius 1 is 1.03 bits per heavy atom. The third kappa shape index (κ3) is 4.70. The fraction of sp³-hybridized carbons (Fsp3) is 0.333. The summed E-state index contributed by atoms with van der Waals surface area (Å²) in [5.41, 5.74) is 1.86. The average Bonchev–Trinajstić information content (AvgIpc) is 3.49. The molecule has 37 heavy (non-hydrogen) atoms. The highest BCUT2D eigenvalue weighted by Crippen LogP contribution is 2.36. The van der Waals surface area contributed by atoms with Gasteiger partial charge in [-0.05, 0) is 30.2 Å². The van der Waals surface area contributed by atoms with Crippen LogP contribution >= 0.6 is 24.0 Å². The molecule has 0 unspecified atom stereocenters. The van der Waals surface area contributed by atoms with E-state index in [0.717, 1.165) is 5.56 Å². The largest absolute Gasteiger partial charge is 0.355 e. The minimum Gasteiger partial charge on any atom is -0.355 e. The first-order chi connectivity index (χ1) is 18.0. The zero-order valence-corrected chi connectivity index (χ0v) is 21.8. The summed E-state index contributed by atoms with van der Waals surface area (Å²) in [5, 5.41) is 0.